The standard InChI is InChI=1S/C17H14BrF3N2O2/c1-10-2-4-12(9-13(10)18)22-16(24)23-6-7-25-15-8-11(17(19,20)21)3-5-14(15)23/h2-5,8-9H,6-7H2,1H3,(H,22,24). The smallest absolute Gasteiger partial charge is 0.416 e. The van der Waals surface area contributed by atoms with E-state index in [1.165, 1.54) is 11.0 Å². The van der Waals surface area contributed by atoms with E-state index in [2.05, 4.69) is 21.2 Å². The Hall–Kier alpha value is -2.22. The Morgan fingerprint density at radius 3 is 2.68 bits per heavy atom. The molecular formula is C17H14BrF3N2O2. The van der Waals surface area contributed by atoms with Crippen molar-refractivity contribution in [2.75, 3.05) is 23.4 Å². The van der Waals surface area contributed by atoms with Crippen molar-refractivity contribution in [3.63, 3.8) is 0 Å². The van der Waals surface area contributed by atoms with Crippen molar-refractivity contribution in [1.82, 2.24) is 0 Å². The maximum Gasteiger partial charge on any atom is 0.416 e. The van der Waals surface area contributed by atoms with Crippen molar-refractivity contribution in [1.29, 1.82) is 0 Å². The highest BCUT2D eigenvalue weighted by molar-refractivity contribution is 9.10. The highest BCUT2D eigenvalue weighted by atomic mass is 79.9. The van der Waals surface area contributed by atoms with Crippen LogP contribution in [-0.4, -0.2) is 19.2 Å². The third-order valence-corrected chi connectivity index (χ3v) is 4.67. The quantitative estimate of drug-likeness (QED) is 0.695. The molecule has 1 aliphatic heterocycles. The van der Waals surface area contributed by atoms with Gasteiger partial charge in [-0.1, -0.05) is 22.0 Å². The van der Waals surface area contributed by atoms with Gasteiger partial charge in [0.15, 0.2) is 0 Å². The van der Waals surface area contributed by atoms with Crippen LogP contribution in [0.5, 0.6) is 5.75 Å². The van der Waals surface area contributed by atoms with Gasteiger partial charge in [0, 0.05) is 10.2 Å². The Labute approximate surface area is 150 Å². The minimum atomic E-state index is -4.46. The zero-order chi connectivity index (χ0) is 18.2. The minimum absolute atomic E-state index is 0.0429. The van der Waals surface area contributed by atoms with Crippen LogP contribution in [0.1, 0.15) is 11.1 Å². The van der Waals surface area contributed by atoms with Crippen molar-refractivity contribution in [3.8, 4) is 5.75 Å². The van der Waals surface area contributed by atoms with Crippen molar-refractivity contribution in [2.45, 2.75) is 13.1 Å². The molecule has 1 N–H and O–H groups in total. The predicted octanol–water partition coefficient (Wildman–Crippen LogP) is 5.21. The molecule has 0 fully saturated rings. The van der Waals surface area contributed by atoms with Crippen LogP contribution in [0.3, 0.4) is 0 Å². The average molecular weight is 415 g/mol. The van der Waals surface area contributed by atoms with Crippen LogP contribution < -0.4 is 15.0 Å². The first-order valence-electron chi connectivity index (χ1n) is 7.44. The Morgan fingerprint density at radius 2 is 2.00 bits per heavy atom. The largest absolute Gasteiger partial charge is 0.490 e. The van der Waals surface area contributed by atoms with Crippen molar-refractivity contribution >= 4 is 33.3 Å². The molecule has 8 heteroatoms. The highest BCUT2D eigenvalue weighted by Gasteiger charge is 2.33. The predicted molar refractivity (Wildman–Crippen MR) is 92.2 cm³/mol. The molecule has 25 heavy (non-hydrogen) atoms. The van der Waals surface area contributed by atoms with Gasteiger partial charge in [-0.05, 0) is 42.8 Å². The number of carbonyl (C=O) groups is 1. The molecule has 0 saturated heterocycles. The van der Waals surface area contributed by atoms with E-state index in [-0.39, 0.29) is 18.9 Å². The Balaban J connectivity index is 1.84. The lowest BCUT2D eigenvalue weighted by Gasteiger charge is -2.30. The molecule has 0 radical (unpaired) electrons. The molecule has 0 bridgehead atoms. The number of carbonyl (C=O) groups excluding carboxylic acids is 1. The summed E-state index contributed by atoms with van der Waals surface area (Å²) < 4.78 is 44.6. The van der Waals surface area contributed by atoms with E-state index in [0.29, 0.717) is 11.4 Å². The second-order valence-corrected chi connectivity index (χ2v) is 6.43. The molecule has 1 aliphatic rings. The van der Waals surface area contributed by atoms with Crippen molar-refractivity contribution in [3.05, 3.63) is 52.0 Å². The zero-order valence-electron chi connectivity index (χ0n) is 13.2. The summed E-state index contributed by atoms with van der Waals surface area (Å²) in [5, 5.41) is 2.74. The fourth-order valence-corrected chi connectivity index (χ4v) is 2.85. The van der Waals surface area contributed by atoms with Gasteiger partial charge in [0.2, 0.25) is 0 Å². The zero-order valence-corrected chi connectivity index (χ0v) is 14.7. The summed E-state index contributed by atoms with van der Waals surface area (Å²) in [6.45, 7) is 2.29. The summed E-state index contributed by atoms with van der Waals surface area (Å²) in [5.41, 5.74) is 1.11. The first-order chi connectivity index (χ1) is 11.8. The lowest BCUT2D eigenvalue weighted by molar-refractivity contribution is -0.137. The van der Waals surface area contributed by atoms with E-state index in [1.807, 2.05) is 13.0 Å². The summed E-state index contributed by atoms with van der Waals surface area (Å²) in [6, 6.07) is 8.05. The van der Waals surface area contributed by atoms with Crippen LogP contribution in [0.4, 0.5) is 29.3 Å². The molecule has 132 valence electrons. The number of hydrogen-bond donors (Lipinski definition) is 1. The van der Waals surface area contributed by atoms with E-state index >= 15 is 0 Å². The number of amides is 2. The van der Waals surface area contributed by atoms with Gasteiger partial charge in [-0.2, -0.15) is 13.2 Å². The number of ether oxygens (including phenoxy) is 1. The van der Waals surface area contributed by atoms with E-state index in [9.17, 15) is 18.0 Å². The molecule has 0 spiro atoms. The molecule has 3 rings (SSSR count). The Kier molecular flexibility index (Phi) is 4.64. The van der Waals surface area contributed by atoms with Gasteiger partial charge in [-0.15, -0.1) is 0 Å². The van der Waals surface area contributed by atoms with Crippen molar-refractivity contribution in [2.24, 2.45) is 0 Å². The van der Waals surface area contributed by atoms with Crippen LogP contribution in [0, 0.1) is 6.92 Å². The summed E-state index contributed by atoms with van der Waals surface area (Å²) in [6.07, 6.45) is -4.46. The average Bonchev–Trinajstić information content (AvgIpc) is 2.56. The second kappa shape index (κ2) is 6.59. The van der Waals surface area contributed by atoms with Crippen LogP contribution in [-0.2, 0) is 6.18 Å². The summed E-state index contributed by atoms with van der Waals surface area (Å²) in [7, 11) is 0. The number of fused-ring (bicyclic) bond motifs is 1. The van der Waals surface area contributed by atoms with Crippen LogP contribution in [0.2, 0.25) is 0 Å². The summed E-state index contributed by atoms with van der Waals surface area (Å²) in [5.74, 6) is 0.0429. The van der Waals surface area contributed by atoms with E-state index in [4.69, 9.17) is 4.74 Å². The van der Waals surface area contributed by atoms with Gasteiger partial charge in [0.25, 0.3) is 0 Å². The van der Waals surface area contributed by atoms with Crippen LogP contribution in [0.25, 0.3) is 0 Å². The number of urea groups is 1. The van der Waals surface area contributed by atoms with Crippen molar-refractivity contribution < 1.29 is 22.7 Å². The molecule has 1 heterocycles. The molecule has 0 aliphatic carbocycles. The third-order valence-electron chi connectivity index (χ3n) is 3.82. The normalized spacial score (nSPS) is 13.9. The molecule has 2 amide bonds. The number of benzene rings is 2. The Bertz CT molecular complexity index is 824. The van der Waals surface area contributed by atoms with Gasteiger partial charge in [0.05, 0.1) is 17.8 Å². The third kappa shape index (κ3) is 3.73. The molecule has 2 aromatic rings. The Morgan fingerprint density at radius 1 is 1.24 bits per heavy atom. The van der Waals surface area contributed by atoms with E-state index < -0.39 is 17.8 Å². The van der Waals surface area contributed by atoms with Gasteiger partial charge in [0.1, 0.15) is 12.4 Å². The highest BCUT2D eigenvalue weighted by Crippen LogP contribution is 2.38. The summed E-state index contributed by atoms with van der Waals surface area (Å²) in [4.78, 5) is 13.9. The number of alkyl halides is 3. The second-order valence-electron chi connectivity index (χ2n) is 5.57. The maximum atomic E-state index is 12.8. The number of nitrogens with zero attached hydrogens (tertiary/aromatic N) is 1. The molecule has 0 atom stereocenters. The van der Waals surface area contributed by atoms with Crippen LogP contribution in [0.15, 0.2) is 40.9 Å². The summed E-state index contributed by atoms with van der Waals surface area (Å²) >= 11 is 3.39. The van der Waals surface area contributed by atoms with E-state index in [1.54, 1.807) is 12.1 Å². The topological polar surface area (TPSA) is 41.6 Å². The molecule has 0 unspecified atom stereocenters. The van der Waals surface area contributed by atoms with Gasteiger partial charge in [-0.3, -0.25) is 4.90 Å². The van der Waals surface area contributed by atoms with Crippen LogP contribution >= 0.6 is 15.9 Å². The first-order valence-corrected chi connectivity index (χ1v) is 8.24. The SMILES string of the molecule is Cc1ccc(NC(=O)N2CCOc3cc(C(F)(F)F)ccc32)cc1Br. The molecule has 4 nitrogen and oxygen atoms in total. The monoisotopic (exact) mass is 414 g/mol. The van der Waals surface area contributed by atoms with E-state index in [0.717, 1.165) is 22.2 Å². The molecular weight excluding hydrogens is 401 g/mol. The van der Waals surface area contributed by atoms with Gasteiger partial charge < -0.3 is 10.1 Å². The molecule has 0 saturated carbocycles. The molecule has 2 aromatic carbocycles. The fourth-order valence-electron chi connectivity index (χ4n) is 2.47. The fraction of sp³-hybridized carbons (Fsp3) is 0.235. The number of halogens is 4. The van der Waals surface area contributed by atoms with Gasteiger partial charge in [-0.25, -0.2) is 4.79 Å². The molecule has 0 aromatic heterocycles. The maximum absolute atomic E-state index is 12.8. The minimum Gasteiger partial charge on any atom is -0.490 e. The number of hydrogen-bond acceptors (Lipinski definition) is 2. The number of rotatable bonds is 1. The first kappa shape index (κ1) is 17.6. The number of aryl methyl sites for hydroxylation is 1. The number of nitrogens with one attached hydrogen (secondary N) is 1. The number of anilines is 2. The lowest BCUT2D eigenvalue weighted by Crippen LogP contribution is -2.40. The van der Waals surface area contributed by atoms with Gasteiger partial charge >= 0.3 is 12.2 Å². The lowest BCUT2D eigenvalue weighted by atomic mass is 10.1.